The minimum absolute atomic E-state index is 0.197. The Bertz CT molecular complexity index is 710. The number of anilines is 1. The summed E-state index contributed by atoms with van der Waals surface area (Å²) in [7, 11) is 0. The van der Waals surface area contributed by atoms with Crippen LogP contribution in [-0.4, -0.2) is 43.5 Å². The number of pyridine rings is 1. The van der Waals surface area contributed by atoms with Crippen LogP contribution >= 0.6 is 0 Å². The SMILES string of the molecule is Cc1cc(OC2CC(OCc3ccccc3)C2)nc(N2CCOCC2)c1. The fourth-order valence-corrected chi connectivity index (χ4v) is 3.34. The largest absolute Gasteiger partial charge is 0.474 e. The second kappa shape index (κ2) is 8.06. The van der Waals surface area contributed by atoms with E-state index in [0.717, 1.165) is 50.8 Å². The Morgan fingerprint density at radius 2 is 1.85 bits per heavy atom. The van der Waals surface area contributed by atoms with Crippen LogP contribution in [0.1, 0.15) is 24.0 Å². The third-order valence-corrected chi connectivity index (χ3v) is 4.94. The zero-order chi connectivity index (χ0) is 17.8. The summed E-state index contributed by atoms with van der Waals surface area (Å²) in [5, 5.41) is 0. The summed E-state index contributed by atoms with van der Waals surface area (Å²) in [5.41, 5.74) is 2.39. The minimum atomic E-state index is 0.197. The smallest absolute Gasteiger partial charge is 0.215 e. The van der Waals surface area contributed by atoms with Crippen molar-refractivity contribution in [1.82, 2.24) is 4.98 Å². The molecule has 1 saturated heterocycles. The van der Waals surface area contributed by atoms with Gasteiger partial charge in [-0.1, -0.05) is 30.3 Å². The van der Waals surface area contributed by atoms with E-state index in [4.69, 9.17) is 19.2 Å². The van der Waals surface area contributed by atoms with Gasteiger partial charge in [0.1, 0.15) is 11.9 Å². The maximum absolute atomic E-state index is 6.10. The molecule has 0 N–H and O–H groups in total. The Morgan fingerprint density at radius 1 is 1.08 bits per heavy atom. The van der Waals surface area contributed by atoms with Crippen molar-refractivity contribution in [1.29, 1.82) is 0 Å². The number of nitrogens with zero attached hydrogens (tertiary/aromatic N) is 2. The normalized spacial score (nSPS) is 22.7. The number of rotatable bonds is 6. The van der Waals surface area contributed by atoms with Gasteiger partial charge in [-0.05, 0) is 24.1 Å². The number of hydrogen-bond acceptors (Lipinski definition) is 5. The van der Waals surface area contributed by atoms with Gasteiger partial charge in [0, 0.05) is 32.0 Å². The molecule has 1 aromatic carbocycles. The highest BCUT2D eigenvalue weighted by molar-refractivity contribution is 5.44. The lowest BCUT2D eigenvalue weighted by Gasteiger charge is -2.35. The predicted octanol–water partition coefficient (Wildman–Crippen LogP) is 3.35. The molecule has 5 heteroatoms. The van der Waals surface area contributed by atoms with Gasteiger partial charge in [0.05, 0.1) is 25.9 Å². The first kappa shape index (κ1) is 17.3. The fraction of sp³-hybridized carbons (Fsp3) is 0.476. The van der Waals surface area contributed by atoms with E-state index >= 15 is 0 Å². The molecule has 0 unspecified atom stereocenters. The highest BCUT2D eigenvalue weighted by atomic mass is 16.5. The summed E-state index contributed by atoms with van der Waals surface area (Å²) in [4.78, 5) is 6.96. The van der Waals surface area contributed by atoms with Crippen LogP contribution in [0.4, 0.5) is 5.82 Å². The van der Waals surface area contributed by atoms with Crippen molar-refractivity contribution in [2.24, 2.45) is 0 Å². The van der Waals surface area contributed by atoms with E-state index in [9.17, 15) is 0 Å². The Kier molecular flexibility index (Phi) is 5.37. The molecule has 4 rings (SSSR count). The first-order valence-corrected chi connectivity index (χ1v) is 9.40. The highest BCUT2D eigenvalue weighted by Crippen LogP contribution is 2.30. The van der Waals surface area contributed by atoms with Crippen LogP contribution in [0, 0.1) is 6.92 Å². The van der Waals surface area contributed by atoms with Crippen molar-refractivity contribution in [3.8, 4) is 5.88 Å². The molecule has 138 valence electrons. The van der Waals surface area contributed by atoms with E-state index in [1.165, 1.54) is 11.1 Å². The van der Waals surface area contributed by atoms with Crippen LogP contribution in [0.15, 0.2) is 42.5 Å². The molecule has 2 fully saturated rings. The Morgan fingerprint density at radius 3 is 2.62 bits per heavy atom. The van der Waals surface area contributed by atoms with Crippen LogP contribution in [0.2, 0.25) is 0 Å². The first-order valence-electron chi connectivity index (χ1n) is 9.40. The van der Waals surface area contributed by atoms with Gasteiger partial charge >= 0.3 is 0 Å². The molecular weight excluding hydrogens is 328 g/mol. The fourth-order valence-electron chi connectivity index (χ4n) is 3.34. The van der Waals surface area contributed by atoms with E-state index in [2.05, 4.69) is 30.0 Å². The second-order valence-electron chi connectivity index (χ2n) is 7.07. The third-order valence-electron chi connectivity index (χ3n) is 4.94. The van der Waals surface area contributed by atoms with E-state index < -0.39 is 0 Å². The summed E-state index contributed by atoms with van der Waals surface area (Å²) < 4.78 is 17.5. The minimum Gasteiger partial charge on any atom is -0.474 e. The second-order valence-corrected chi connectivity index (χ2v) is 7.07. The average molecular weight is 354 g/mol. The molecule has 0 radical (unpaired) electrons. The van der Waals surface area contributed by atoms with Gasteiger partial charge in [0.15, 0.2) is 0 Å². The predicted molar refractivity (Wildman–Crippen MR) is 101 cm³/mol. The molecule has 5 nitrogen and oxygen atoms in total. The summed E-state index contributed by atoms with van der Waals surface area (Å²) in [6.07, 6.45) is 2.33. The van der Waals surface area contributed by atoms with Gasteiger partial charge in [-0.25, -0.2) is 0 Å². The zero-order valence-electron chi connectivity index (χ0n) is 15.3. The van der Waals surface area contributed by atoms with Gasteiger partial charge < -0.3 is 19.1 Å². The number of hydrogen-bond donors (Lipinski definition) is 0. The Balaban J connectivity index is 1.28. The highest BCUT2D eigenvalue weighted by Gasteiger charge is 2.32. The van der Waals surface area contributed by atoms with Crippen LogP contribution in [0.3, 0.4) is 0 Å². The molecule has 0 amide bonds. The summed E-state index contributed by atoms with van der Waals surface area (Å²) >= 11 is 0. The van der Waals surface area contributed by atoms with Crippen molar-refractivity contribution in [2.75, 3.05) is 31.2 Å². The monoisotopic (exact) mass is 354 g/mol. The van der Waals surface area contributed by atoms with Crippen LogP contribution in [0.25, 0.3) is 0 Å². The molecular formula is C21H26N2O3. The van der Waals surface area contributed by atoms with Crippen molar-refractivity contribution in [3.05, 3.63) is 53.6 Å². The first-order chi connectivity index (χ1) is 12.8. The number of benzene rings is 1. The average Bonchev–Trinajstić information content (AvgIpc) is 2.64. The lowest BCUT2D eigenvalue weighted by molar-refractivity contribution is -0.0694. The molecule has 1 aromatic heterocycles. The number of aryl methyl sites for hydroxylation is 1. The molecule has 26 heavy (non-hydrogen) atoms. The summed E-state index contributed by atoms with van der Waals surface area (Å²) in [5.74, 6) is 1.71. The Labute approximate surface area is 154 Å². The lowest BCUT2D eigenvalue weighted by atomic mass is 9.92. The summed E-state index contributed by atoms with van der Waals surface area (Å²) in [6, 6.07) is 14.4. The molecule has 1 aliphatic carbocycles. The van der Waals surface area contributed by atoms with Gasteiger partial charge in [-0.3, -0.25) is 0 Å². The summed E-state index contributed by atoms with van der Waals surface area (Å²) in [6.45, 7) is 6.04. The molecule has 2 aliphatic rings. The van der Waals surface area contributed by atoms with Crippen LogP contribution < -0.4 is 9.64 Å². The van der Waals surface area contributed by atoms with Gasteiger partial charge in [0.2, 0.25) is 5.88 Å². The molecule has 1 saturated carbocycles. The quantitative estimate of drug-likeness (QED) is 0.796. The third kappa shape index (κ3) is 4.34. The van der Waals surface area contributed by atoms with Gasteiger partial charge in [-0.15, -0.1) is 0 Å². The van der Waals surface area contributed by atoms with Crippen molar-refractivity contribution >= 4 is 5.82 Å². The van der Waals surface area contributed by atoms with Gasteiger partial charge in [0.25, 0.3) is 0 Å². The number of aromatic nitrogens is 1. The van der Waals surface area contributed by atoms with E-state index in [1.54, 1.807) is 0 Å². The van der Waals surface area contributed by atoms with E-state index in [-0.39, 0.29) is 12.2 Å². The van der Waals surface area contributed by atoms with Crippen LogP contribution in [-0.2, 0) is 16.1 Å². The maximum atomic E-state index is 6.10. The Hall–Kier alpha value is -2.11. The topological polar surface area (TPSA) is 43.8 Å². The zero-order valence-corrected chi connectivity index (χ0v) is 15.3. The molecule has 2 heterocycles. The van der Waals surface area contributed by atoms with E-state index in [0.29, 0.717) is 6.61 Å². The molecule has 0 bridgehead atoms. The van der Waals surface area contributed by atoms with Gasteiger partial charge in [-0.2, -0.15) is 4.98 Å². The van der Waals surface area contributed by atoms with Crippen LogP contribution in [0.5, 0.6) is 5.88 Å². The van der Waals surface area contributed by atoms with Crippen molar-refractivity contribution in [3.63, 3.8) is 0 Å². The van der Waals surface area contributed by atoms with Crippen molar-refractivity contribution in [2.45, 2.75) is 38.6 Å². The number of ether oxygens (including phenoxy) is 3. The van der Waals surface area contributed by atoms with E-state index in [1.807, 2.05) is 24.3 Å². The van der Waals surface area contributed by atoms with Crippen molar-refractivity contribution < 1.29 is 14.2 Å². The number of morpholine rings is 1. The standard InChI is InChI=1S/C21H26N2O3/c1-16-11-20(23-7-9-24-10-8-23)22-21(12-16)26-19-13-18(14-19)25-15-17-5-3-2-4-6-17/h2-6,11-12,18-19H,7-10,13-15H2,1H3. The molecule has 0 spiro atoms. The molecule has 0 atom stereocenters. The maximum Gasteiger partial charge on any atom is 0.215 e. The molecule has 1 aliphatic heterocycles. The lowest BCUT2D eigenvalue weighted by Crippen LogP contribution is -2.40. The molecule has 2 aromatic rings.